The molecular formula is C18H15N3O4. The van der Waals surface area contributed by atoms with Gasteiger partial charge < -0.3 is 15.4 Å². The van der Waals surface area contributed by atoms with Crippen LogP contribution in [0.25, 0.3) is 22.2 Å². The molecule has 1 aromatic heterocycles. The molecule has 0 radical (unpaired) electrons. The minimum Gasteiger partial charge on any atom is -0.481 e. The molecule has 25 heavy (non-hydrogen) atoms. The second kappa shape index (κ2) is 6.96. The van der Waals surface area contributed by atoms with Crippen molar-refractivity contribution >= 4 is 28.5 Å². The number of carbonyl (C=O) groups excluding carboxylic acids is 1. The third-order valence-electron chi connectivity index (χ3n) is 3.63. The molecule has 0 saturated heterocycles. The summed E-state index contributed by atoms with van der Waals surface area (Å²) in [5.74, 6) is -1.41. The van der Waals surface area contributed by atoms with E-state index in [-0.39, 0.29) is 18.7 Å². The predicted molar refractivity (Wildman–Crippen MR) is 93.3 cm³/mol. The Morgan fingerprint density at radius 2 is 1.84 bits per heavy atom. The molecule has 0 aliphatic heterocycles. The summed E-state index contributed by atoms with van der Waals surface area (Å²) in [6, 6.07) is 14.3. The van der Waals surface area contributed by atoms with Crippen molar-refractivity contribution in [1.82, 2.24) is 9.97 Å². The molecule has 3 N–H and O–H groups in total. The molecule has 1 heterocycles. The Morgan fingerprint density at radius 1 is 1.08 bits per heavy atom. The fourth-order valence-electron chi connectivity index (χ4n) is 2.49. The predicted octanol–water partition coefficient (Wildman–Crippen LogP) is 2.39. The van der Waals surface area contributed by atoms with Crippen LogP contribution in [0.4, 0.5) is 5.69 Å². The number of carboxylic acid groups (broad SMARTS) is 1. The standard InChI is InChI=1S/C18H15N3O4/c22-15(8-9-16(23)24)19-12-6-7-14-13(10-12)17(21-18(25)20-14)11-4-2-1-3-5-11/h1-7,10H,8-9H2,(H,19,22)(H,23,24)(H,20,21,25). The van der Waals surface area contributed by atoms with Crippen LogP contribution in [0.1, 0.15) is 12.8 Å². The molecule has 0 bridgehead atoms. The van der Waals surface area contributed by atoms with E-state index in [9.17, 15) is 14.4 Å². The van der Waals surface area contributed by atoms with Gasteiger partial charge in [-0.15, -0.1) is 0 Å². The largest absolute Gasteiger partial charge is 0.481 e. The van der Waals surface area contributed by atoms with Crippen LogP contribution in [-0.4, -0.2) is 27.0 Å². The Bertz CT molecular complexity index is 996. The third-order valence-corrected chi connectivity index (χ3v) is 3.63. The summed E-state index contributed by atoms with van der Waals surface area (Å²) < 4.78 is 0. The smallest absolute Gasteiger partial charge is 0.345 e. The van der Waals surface area contributed by atoms with Gasteiger partial charge >= 0.3 is 11.7 Å². The average molecular weight is 337 g/mol. The lowest BCUT2D eigenvalue weighted by atomic mass is 10.1. The first-order valence-electron chi connectivity index (χ1n) is 7.64. The van der Waals surface area contributed by atoms with Crippen LogP contribution in [0.15, 0.2) is 53.3 Å². The van der Waals surface area contributed by atoms with Crippen molar-refractivity contribution in [1.29, 1.82) is 0 Å². The third kappa shape index (κ3) is 3.89. The van der Waals surface area contributed by atoms with Crippen LogP contribution >= 0.6 is 0 Å². The highest BCUT2D eigenvalue weighted by Crippen LogP contribution is 2.26. The van der Waals surface area contributed by atoms with E-state index in [4.69, 9.17) is 5.11 Å². The number of rotatable bonds is 5. The topological polar surface area (TPSA) is 112 Å². The van der Waals surface area contributed by atoms with Gasteiger partial charge in [0, 0.05) is 23.1 Å². The van der Waals surface area contributed by atoms with Crippen molar-refractivity contribution in [2.45, 2.75) is 12.8 Å². The van der Waals surface area contributed by atoms with Crippen molar-refractivity contribution < 1.29 is 14.7 Å². The summed E-state index contributed by atoms with van der Waals surface area (Å²) in [6.07, 6.45) is -0.341. The van der Waals surface area contributed by atoms with Gasteiger partial charge in [-0.05, 0) is 18.2 Å². The number of carboxylic acids is 1. The highest BCUT2D eigenvalue weighted by Gasteiger charge is 2.10. The molecule has 0 atom stereocenters. The van der Waals surface area contributed by atoms with Crippen LogP contribution < -0.4 is 11.0 Å². The monoisotopic (exact) mass is 337 g/mol. The van der Waals surface area contributed by atoms with E-state index in [0.29, 0.717) is 22.3 Å². The van der Waals surface area contributed by atoms with Crippen LogP contribution in [0, 0.1) is 0 Å². The average Bonchev–Trinajstić information content (AvgIpc) is 2.60. The zero-order chi connectivity index (χ0) is 17.8. The van der Waals surface area contributed by atoms with Gasteiger partial charge in [-0.2, -0.15) is 4.98 Å². The highest BCUT2D eigenvalue weighted by molar-refractivity contribution is 5.98. The second-order valence-corrected chi connectivity index (χ2v) is 5.46. The number of amides is 1. The highest BCUT2D eigenvalue weighted by atomic mass is 16.4. The van der Waals surface area contributed by atoms with Crippen LogP contribution in [-0.2, 0) is 9.59 Å². The number of nitrogens with one attached hydrogen (secondary N) is 2. The lowest BCUT2D eigenvalue weighted by Gasteiger charge is -2.09. The fraction of sp³-hybridized carbons (Fsp3) is 0.111. The molecule has 3 rings (SSSR count). The Balaban J connectivity index is 1.99. The Labute approximate surface area is 142 Å². The number of nitrogens with zero attached hydrogens (tertiary/aromatic N) is 1. The Morgan fingerprint density at radius 3 is 2.56 bits per heavy atom. The van der Waals surface area contributed by atoms with E-state index >= 15 is 0 Å². The van der Waals surface area contributed by atoms with E-state index in [1.54, 1.807) is 18.2 Å². The van der Waals surface area contributed by atoms with Crippen LogP contribution in [0.5, 0.6) is 0 Å². The maximum absolute atomic E-state index is 11.8. The molecule has 0 spiro atoms. The molecule has 0 aliphatic rings. The first-order valence-corrected chi connectivity index (χ1v) is 7.64. The van der Waals surface area contributed by atoms with Gasteiger partial charge in [0.2, 0.25) is 5.91 Å². The molecular weight excluding hydrogens is 322 g/mol. The zero-order valence-corrected chi connectivity index (χ0v) is 13.2. The molecule has 2 aromatic carbocycles. The van der Waals surface area contributed by atoms with Crippen molar-refractivity contribution in [3.63, 3.8) is 0 Å². The number of aliphatic carboxylic acids is 1. The van der Waals surface area contributed by atoms with Crippen molar-refractivity contribution in [2.24, 2.45) is 0 Å². The number of aromatic amines is 1. The molecule has 7 heteroatoms. The quantitative estimate of drug-likeness (QED) is 0.662. The van der Waals surface area contributed by atoms with E-state index in [0.717, 1.165) is 5.56 Å². The van der Waals surface area contributed by atoms with Gasteiger partial charge in [0.05, 0.1) is 17.6 Å². The van der Waals surface area contributed by atoms with E-state index in [1.165, 1.54) is 0 Å². The van der Waals surface area contributed by atoms with E-state index < -0.39 is 11.7 Å². The lowest BCUT2D eigenvalue weighted by Crippen LogP contribution is -2.14. The molecule has 0 aliphatic carbocycles. The minimum atomic E-state index is -1.03. The molecule has 3 aromatic rings. The zero-order valence-electron chi connectivity index (χ0n) is 13.2. The summed E-state index contributed by atoms with van der Waals surface area (Å²) in [5.41, 5.74) is 1.95. The van der Waals surface area contributed by atoms with Gasteiger partial charge in [0.1, 0.15) is 0 Å². The van der Waals surface area contributed by atoms with E-state index in [2.05, 4.69) is 15.3 Å². The summed E-state index contributed by atoms with van der Waals surface area (Å²) in [4.78, 5) is 40.9. The van der Waals surface area contributed by atoms with Gasteiger partial charge in [-0.3, -0.25) is 9.59 Å². The van der Waals surface area contributed by atoms with Crippen molar-refractivity contribution in [3.05, 3.63) is 59.0 Å². The number of H-pyrrole nitrogens is 1. The Kier molecular flexibility index (Phi) is 4.56. The number of fused-ring (bicyclic) bond motifs is 1. The number of carbonyl (C=O) groups is 2. The normalized spacial score (nSPS) is 10.6. The molecule has 1 amide bonds. The van der Waals surface area contributed by atoms with Crippen LogP contribution in [0.3, 0.4) is 0 Å². The summed E-state index contributed by atoms with van der Waals surface area (Å²) >= 11 is 0. The lowest BCUT2D eigenvalue weighted by molar-refractivity contribution is -0.138. The second-order valence-electron chi connectivity index (χ2n) is 5.46. The van der Waals surface area contributed by atoms with Crippen molar-refractivity contribution in [3.8, 4) is 11.3 Å². The fourth-order valence-corrected chi connectivity index (χ4v) is 2.49. The van der Waals surface area contributed by atoms with Gasteiger partial charge in [0.15, 0.2) is 0 Å². The number of hydrogen-bond acceptors (Lipinski definition) is 4. The van der Waals surface area contributed by atoms with Crippen molar-refractivity contribution in [2.75, 3.05) is 5.32 Å². The first kappa shape index (κ1) is 16.4. The summed E-state index contributed by atoms with van der Waals surface area (Å²) in [5, 5.41) is 12.0. The first-order chi connectivity index (χ1) is 12.0. The summed E-state index contributed by atoms with van der Waals surface area (Å²) in [6.45, 7) is 0. The minimum absolute atomic E-state index is 0.108. The SMILES string of the molecule is O=C(O)CCC(=O)Nc1ccc2[nH]c(=O)nc(-c3ccccc3)c2c1. The van der Waals surface area contributed by atoms with Gasteiger partial charge in [-0.25, -0.2) is 4.79 Å². The van der Waals surface area contributed by atoms with Gasteiger partial charge in [0.25, 0.3) is 0 Å². The molecule has 126 valence electrons. The number of hydrogen-bond donors (Lipinski definition) is 3. The molecule has 0 saturated carbocycles. The Hall–Kier alpha value is -3.48. The van der Waals surface area contributed by atoms with Gasteiger partial charge in [-0.1, -0.05) is 30.3 Å². The number of aromatic nitrogens is 2. The molecule has 0 fully saturated rings. The number of benzene rings is 2. The van der Waals surface area contributed by atoms with Crippen LogP contribution in [0.2, 0.25) is 0 Å². The van der Waals surface area contributed by atoms with E-state index in [1.807, 2.05) is 30.3 Å². The maximum atomic E-state index is 11.8. The maximum Gasteiger partial charge on any atom is 0.345 e. The molecule has 7 nitrogen and oxygen atoms in total. The molecule has 0 unspecified atom stereocenters. The summed E-state index contributed by atoms with van der Waals surface area (Å²) in [7, 11) is 0. The number of anilines is 1.